The van der Waals surface area contributed by atoms with E-state index in [-0.39, 0.29) is 17.0 Å². The number of carbonyl (C=O) groups is 1. The Morgan fingerprint density at radius 1 is 1.28 bits per heavy atom. The predicted octanol–water partition coefficient (Wildman–Crippen LogP) is 3.73. The molecule has 0 radical (unpaired) electrons. The Morgan fingerprint density at radius 3 is 2.72 bits per heavy atom. The summed E-state index contributed by atoms with van der Waals surface area (Å²) in [5, 5.41) is 5.68. The van der Waals surface area contributed by atoms with E-state index in [9.17, 15) is 4.79 Å². The van der Waals surface area contributed by atoms with E-state index in [0.717, 1.165) is 30.9 Å². The van der Waals surface area contributed by atoms with Crippen molar-refractivity contribution in [1.29, 1.82) is 0 Å². The topological polar surface area (TPSA) is 72.7 Å². The third-order valence-electron chi connectivity index (χ3n) is 3.60. The molecule has 1 amide bonds. The van der Waals surface area contributed by atoms with Gasteiger partial charge in [0, 0.05) is 12.3 Å². The van der Waals surface area contributed by atoms with Gasteiger partial charge in [0.05, 0.1) is 6.10 Å². The number of ether oxygens (including phenoxy) is 2. The summed E-state index contributed by atoms with van der Waals surface area (Å²) in [5.41, 5.74) is 0.746. The highest BCUT2D eigenvalue weighted by atomic mass is 79.9. The van der Waals surface area contributed by atoms with E-state index in [4.69, 9.17) is 26.1 Å². The number of halogens is 1. The lowest BCUT2D eigenvalue weighted by Gasteiger charge is -2.12. The van der Waals surface area contributed by atoms with Crippen molar-refractivity contribution < 1.29 is 18.7 Å². The Labute approximate surface area is 159 Å². The first kappa shape index (κ1) is 17.9. The lowest BCUT2D eigenvalue weighted by Crippen LogP contribution is -2.33. The van der Waals surface area contributed by atoms with Gasteiger partial charge >= 0.3 is 0 Å². The number of anilines is 1. The van der Waals surface area contributed by atoms with Crippen molar-refractivity contribution in [3.05, 3.63) is 46.8 Å². The van der Waals surface area contributed by atoms with Gasteiger partial charge in [-0.1, -0.05) is 0 Å². The summed E-state index contributed by atoms with van der Waals surface area (Å²) in [7, 11) is 0. The number of carbonyl (C=O) groups excluding carboxylic acids is 1. The molecule has 2 N–H and O–H groups in total. The van der Waals surface area contributed by atoms with Crippen molar-refractivity contribution in [2.24, 2.45) is 0 Å². The van der Waals surface area contributed by atoms with E-state index >= 15 is 0 Å². The molecule has 8 heteroatoms. The third kappa shape index (κ3) is 5.29. The van der Waals surface area contributed by atoms with Crippen LogP contribution in [0, 0.1) is 0 Å². The van der Waals surface area contributed by atoms with Gasteiger partial charge in [0.2, 0.25) is 0 Å². The highest BCUT2D eigenvalue weighted by Crippen LogP contribution is 2.18. The van der Waals surface area contributed by atoms with Crippen molar-refractivity contribution in [3.63, 3.8) is 0 Å². The maximum Gasteiger partial charge on any atom is 0.293 e. The summed E-state index contributed by atoms with van der Waals surface area (Å²) in [6, 6.07) is 10.5. The molecule has 2 heterocycles. The number of hydrogen-bond acceptors (Lipinski definition) is 5. The van der Waals surface area contributed by atoms with E-state index in [1.807, 2.05) is 24.3 Å². The Balaban J connectivity index is 1.47. The summed E-state index contributed by atoms with van der Waals surface area (Å²) in [6.07, 6.45) is 2.32. The van der Waals surface area contributed by atoms with Gasteiger partial charge in [-0.25, -0.2) is 0 Å². The van der Waals surface area contributed by atoms with E-state index in [1.165, 1.54) is 0 Å². The number of thiocarbonyl (C=S) groups is 1. The second-order valence-corrected chi connectivity index (χ2v) is 6.67. The van der Waals surface area contributed by atoms with Crippen LogP contribution in [0.4, 0.5) is 5.69 Å². The number of hydrogen-bond donors (Lipinski definition) is 2. The number of rotatable bonds is 5. The van der Waals surface area contributed by atoms with Crippen LogP contribution in [0.15, 0.2) is 45.5 Å². The monoisotopic (exact) mass is 424 g/mol. The van der Waals surface area contributed by atoms with Gasteiger partial charge in [0.15, 0.2) is 15.5 Å². The lowest BCUT2D eigenvalue weighted by atomic mass is 10.2. The first-order chi connectivity index (χ1) is 12.1. The molecule has 2 aromatic rings. The van der Waals surface area contributed by atoms with Crippen LogP contribution in [-0.4, -0.2) is 30.3 Å². The fourth-order valence-electron chi connectivity index (χ4n) is 2.36. The SMILES string of the molecule is O=C(NC(=S)Nc1ccc(OCC2CCCO2)cc1)c1ccc(Br)o1. The molecule has 1 aromatic heterocycles. The molecule has 3 rings (SSSR count). The molecule has 1 fully saturated rings. The highest BCUT2D eigenvalue weighted by Gasteiger charge is 2.16. The van der Waals surface area contributed by atoms with Crippen LogP contribution in [0.1, 0.15) is 23.4 Å². The average molecular weight is 425 g/mol. The minimum atomic E-state index is -0.417. The molecule has 0 spiro atoms. The molecule has 1 aromatic carbocycles. The Morgan fingerprint density at radius 2 is 2.08 bits per heavy atom. The van der Waals surface area contributed by atoms with Gasteiger partial charge < -0.3 is 19.2 Å². The van der Waals surface area contributed by atoms with E-state index in [1.54, 1.807) is 12.1 Å². The van der Waals surface area contributed by atoms with Crippen LogP contribution in [0.3, 0.4) is 0 Å². The molecular formula is C17H17BrN2O4S. The zero-order valence-corrected chi connectivity index (χ0v) is 15.7. The van der Waals surface area contributed by atoms with Crippen LogP contribution in [-0.2, 0) is 4.74 Å². The molecule has 132 valence electrons. The number of benzene rings is 1. The normalized spacial score (nSPS) is 16.4. The second-order valence-electron chi connectivity index (χ2n) is 5.48. The van der Waals surface area contributed by atoms with Gasteiger partial charge in [-0.15, -0.1) is 0 Å². The number of furan rings is 1. The van der Waals surface area contributed by atoms with Gasteiger partial charge in [0.25, 0.3) is 5.91 Å². The van der Waals surface area contributed by atoms with Crippen LogP contribution >= 0.6 is 28.1 Å². The molecule has 25 heavy (non-hydrogen) atoms. The molecule has 0 saturated carbocycles. The largest absolute Gasteiger partial charge is 0.491 e. The maximum atomic E-state index is 11.9. The molecule has 1 aliphatic heterocycles. The first-order valence-electron chi connectivity index (χ1n) is 7.82. The Kier molecular flexibility index (Phi) is 6.06. The summed E-state index contributed by atoms with van der Waals surface area (Å²) in [4.78, 5) is 11.9. The maximum absolute atomic E-state index is 11.9. The van der Waals surface area contributed by atoms with E-state index in [0.29, 0.717) is 11.3 Å². The van der Waals surface area contributed by atoms with E-state index in [2.05, 4.69) is 26.6 Å². The molecule has 1 aliphatic rings. The van der Waals surface area contributed by atoms with Crippen LogP contribution < -0.4 is 15.4 Å². The standard InChI is InChI=1S/C17H17BrN2O4S/c18-15-8-7-14(24-15)16(21)20-17(25)19-11-3-5-12(6-4-11)23-10-13-2-1-9-22-13/h3-8,13H,1-2,9-10H2,(H2,19,20,21,25). The lowest BCUT2D eigenvalue weighted by molar-refractivity contribution is 0.0679. The van der Waals surface area contributed by atoms with Crippen molar-refractivity contribution in [2.75, 3.05) is 18.5 Å². The number of nitrogens with one attached hydrogen (secondary N) is 2. The van der Waals surface area contributed by atoms with Crippen molar-refractivity contribution >= 4 is 44.9 Å². The molecule has 6 nitrogen and oxygen atoms in total. The second kappa shape index (κ2) is 8.46. The zero-order chi connectivity index (χ0) is 17.6. The fraction of sp³-hybridized carbons (Fsp3) is 0.294. The molecule has 1 saturated heterocycles. The first-order valence-corrected chi connectivity index (χ1v) is 9.02. The van der Waals surface area contributed by atoms with E-state index < -0.39 is 5.91 Å². The van der Waals surface area contributed by atoms with Crippen molar-refractivity contribution in [3.8, 4) is 5.75 Å². The zero-order valence-electron chi connectivity index (χ0n) is 13.3. The molecular weight excluding hydrogens is 408 g/mol. The summed E-state index contributed by atoms with van der Waals surface area (Å²) in [5.74, 6) is 0.519. The summed E-state index contributed by atoms with van der Waals surface area (Å²) >= 11 is 8.28. The highest BCUT2D eigenvalue weighted by molar-refractivity contribution is 9.10. The van der Waals surface area contributed by atoms with Gasteiger partial charge in [-0.05, 0) is 77.4 Å². The molecule has 0 bridgehead atoms. The Hall–Kier alpha value is -1.90. The van der Waals surface area contributed by atoms with Crippen molar-refractivity contribution in [2.45, 2.75) is 18.9 Å². The van der Waals surface area contributed by atoms with Crippen LogP contribution in [0.2, 0.25) is 0 Å². The van der Waals surface area contributed by atoms with Crippen LogP contribution in [0.25, 0.3) is 0 Å². The molecule has 1 unspecified atom stereocenters. The molecule has 1 atom stereocenters. The third-order valence-corrected chi connectivity index (χ3v) is 4.23. The van der Waals surface area contributed by atoms with Gasteiger partial charge in [-0.2, -0.15) is 0 Å². The average Bonchev–Trinajstić information content (AvgIpc) is 3.25. The fourth-order valence-corrected chi connectivity index (χ4v) is 2.88. The summed E-state index contributed by atoms with van der Waals surface area (Å²) in [6.45, 7) is 1.37. The van der Waals surface area contributed by atoms with Crippen LogP contribution in [0.5, 0.6) is 5.75 Å². The quantitative estimate of drug-likeness (QED) is 0.712. The molecule has 0 aliphatic carbocycles. The number of amides is 1. The van der Waals surface area contributed by atoms with Crippen molar-refractivity contribution in [1.82, 2.24) is 5.32 Å². The Bertz CT molecular complexity index is 741. The van der Waals surface area contributed by atoms with Gasteiger partial charge in [-0.3, -0.25) is 10.1 Å². The smallest absolute Gasteiger partial charge is 0.293 e. The minimum Gasteiger partial charge on any atom is -0.491 e. The predicted molar refractivity (Wildman–Crippen MR) is 101 cm³/mol. The minimum absolute atomic E-state index is 0.175. The summed E-state index contributed by atoms with van der Waals surface area (Å²) < 4.78 is 16.9. The van der Waals surface area contributed by atoms with Gasteiger partial charge in [0.1, 0.15) is 12.4 Å².